The molecular weight excluding hydrogens is 763 g/mol. The number of anilines is 3. The molecule has 5 aromatic carbocycles. The maximum atomic E-state index is 14.0. The van der Waals surface area contributed by atoms with Gasteiger partial charge in [0.1, 0.15) is 19.0 Å². The maximum Gasteiger partial charge on any atom is 0.258 e. The number of aryl methyl sites for hydroxylation is 2. The number of nitrogens with one attached hydrogen (secondary N) is 1. The van der Waals surface area contributed by atoms with Crippen LogP contribution in [0.1, 0.15) is 78.9 Å². The first kappa shape index (κ1) is 38.7. The van der Waals surface area contributed by atoms with E-state index in [-0.39, 0.29) is 43.0 Å². The standard InChI is InChI=1S/C48H47N3O7S/c1-28-16-37-34(22-42(52)41-21-33-9-4-6-11-40(33)51(41)48(37)55)24-43(28)57-26-29-17-30(19-35(18-29)49-46(53)12-7-15-59)27-58-45-23-31-13-14-36-20-32-8-3-5-10-39(32)50(36)47(54)38(31)25-44(45)56-2/h3-6,8-11,16-19,23-25,36,41-42,52,59H,7,12-15,20-22,26-27H2,1-2H3,(H,49,53)/t36-,41+,42?/m1/s1. The molecule has 4 heterocycles. The second-order valence-corrected chi connectivity index (χ2v) is 16.4. The summed E-state index contributed by atoms with van der Waals surface area (Å²) in [6, 6.07) is 29.0. The van der Waals surface area contributed by atoms with Gasteiger partial charge in [0.05, 0.1) is 19.3 Å². The minimum absolute atomic E-state index is 0.0260. The van der Waals surface area contributed by atoms with Crippen molar-refractivity contribution in [2.45, 2.75) is 83.3 Å². The molecule has 0 saturated heterocycles. The van der Waals surface area contributed by atoms with Crippen LogP contribution in [0.2, 0.25) is 0 Å². The minimum atomic E-state index is -0.734. The summed E-state index contributed by atoms with van der Waals surface area (Å²) in [6.07, 6.45) is 3.61. The molecule has 1 unspecified atom stereocenters. The van der Waals surface area contributed by atoms with E-state index in [1.54, 1.807) is 18.1 Å². The number of carbonyl (C=O) groups excluding carboxylic acids is 3. The van der Waals surface area contributed by atoms with E-state index in [1.807, 2.05) is 90.7 Å². The number of hydrogen-bond acceptors (Lipinski definition) is 8. The molecule has 302 valence electrons. The number of hydrogen-bond donors (Lipinski definition) is 3. The van der Waals surface area contributed by atoms with Gasteiger partial charge >= 0.3 is 0 Å². The number of fused-ring (bicyclic) bond motifs is 8. The van der Waals surface area contributed by atoms with E-state index in [1.165, 1.54) is 5.56 Å². The van der Waals surface area contributed by atoms with Crippen LogP contribution in [0.5, 0.6) is 17.2 Å². The Hall–Kier alpha value is -5.78. The highest BCUT2D eigenvalue weighted by molar-refractivity contribution is 7.80. The number of ether oxygens (including phenoxy) is 3. The van der Waals surface area contributed by atoms with Gasteiger partial charge in [0.15, 0.2) is 11.5 Å². The van der Waals surface area contributed by atoms with Gasteiger partial charge in [-0.05, 0) is 138 Å². The Labute approximate surface area is 349 Å². The first-order valence-electron chi connectivity index (χ1n) is 20.3. The number of para-hydroxylation sites is 2. The first-order chi connectivity index (χ1) is 28.7. The molecular formula is C48H47N3O7S. The number of aliphatic hydroxyl groups excluding tert-OH is 1. The molecule has 9 rings (SSSR count). The molecule has 4 aliphatic rings. The van der Waals surface area contributed by atoms with E-state index >= 15 is 0 Å². The zero-order chi connectivity index (χ0) is 40.8. The Bertz CT molecular complexity index is 2490. The summed E-state index contributed by atoms with van der Waals surface area (Å²) in [7, 11) is 1.57. The first-order valence-corrected chi connectivity index (χ1v) is 21.0. The molecule has 3 atom stereocenters. The van der Waals surface area contributed by atoms with Crippen molar-refractivity contribution in [2.75, 3.05) is 28.0 Å². The van der Waals surface area contributed by atoms with Gasteiger partial charge in [-0.25, -0.2) is 0 Å². The largest absolute Gasteiger partial charge is 0.493 e. The van der Waals surface area contributed by atoms with Crippen LogP contribution in [0, 0.1) is 6.92 Å². The average molecular weight is 810 g/mol. The van der Waals surface area contributed by atoms with Crippen molar-refractivity contribution in [3.05, 3.63) is 141 Å². The zero-order valence-electron chi connectivity index (χ0n) is 33.2. The van der Waals surface area contributed by atoms with E-state index in [4.69, 9.17) is 14.2 Å². The van der Waals surface area contributed by atoms with E-state index < -0.39 is 6.10 Å². The summed E-state index contributed by atoms with van der Waals surface area (Å²) >= 11 is 4.27. The highest BCUT2D eigenvalue weighted by atomic mass is 32.1. The Kier molecular flexibility index (Phi) is 10.6. The normalized spacial score (nSPS) is 18.7. The van der Waals surface area contributed by atoms with Crippen LogP contribution < -0.4 is 29.3 Å². The lowest BCUT2D eigenvalue weighted by atomic mass is 9.96. The van der Waals surface area contributed by atoms with Crippen molar-refractivity contribution in [1.29, 1.82) is 0 Å². The summed E-state index contributed by atoms with van der Waals surface area (Å²) < 4.78 is 18.7. The minimum Gasteiger partial charge on any atom is -0.493 e. The number of amides is 3. The molecule has 0 spiro atoms. The average Bonchev–Trinajstić information content (AvgIpc) is 3.76. The van der Waals surface area contributed by atoms with Crippen molar-refractivity contribution in [2.24, 2.45) is 0 Å². The molecule has 0 fully saturated rings. The van der Waals surface area contributed by atoms with Gasteiger partial charge in [0, 0.05) is 47.1 Å². The summed E-state index contributed by atoms with van der Waals surface area (Å²) in [5.74, 6) is 1.96. The molecule has 0 aliphatic carbocycles. The van der Waals surface area contributed by atoms with Crippen molar-refractivity contribution in [1.82, 2.24) is 0 Å². The monoisotopic (exact) mass is 809 g/mol. The number of methoxy groups -OCH3 is 1. The molecule has 4 aliphatic heterocycles. The highest BCUT2D eigenvalue weighted by Crippen LogP contribution is 2.42. The maximum absolute atomic E-state index is 14.0. The summed E-state index contributed by atoms with van der Waals surface area (Å²) in [4.78, 5) is 44.5. The molecule has 3 amide bonds. The number of benzene rings is 5. The third-order valence-corrected chi connectivity index (χ3v) is 12.4. The highest BCUT2D eigenvalue weighted by Gasteiger charge is 2.42. The summed E-state index contributed by atoms with van der Waals surface area (Å²) in [6.45, 7) is 2.26. The van der Waals surface area contributed by atoms with Crippen molar-refractivity contribution in [3.8, 4) is 17.2 Å². The van der Waals surface area contributed by atoms with Gasteiger partial charge in [-0.15, -0.1) is 0 Å². The number of thiol groups is 1. The Morgan fingerprint density at radius 1 is 0.763 bits per heavy atom. The lowest BCUT2D eigenvalue weighted by Crippen LogP contribution is -2.43. The van der Waals surface area contributed by atoms with Crippen LogP contribution >= 0.6 is 12.6 Å². The van der Waals surface area contributed by atoms with E-state index in [9.17, 15) is 19.5 Å². The smallest absolute Gasteiger partial charge is 0.258 e. The molecule has 5 aromatic rings. The fourth-order valence-corrected chi connectivity index (χ4v) is 9.37. The van der Waals surface area contributed by atoms with Crippen LogP contribution in [0.3, 0.4) is 0 Å². The van der Waals surface area contributed by atoms with Gasteiger partial charge in [0.2, 0.25) is 5.91 Å². The number of rotatable bonds is 11. The number of nitrogens with zero attached hydrogens (tertiary/aromatic N) is 2. The van der Waals surface area contributed by atoms with Crippen molar-refractivity contribution in [3.63, 3.8) is 0 Å². The number of carbonyl (C=O) groups is 3. The zero-order valence-corrected chi connectivity index (χ0v) is 34.1. The summed E-state index contributed by atoms with van der Waals surface area (Å²) in [5, 5.41) is 14.4. The van der Waals surface area contributed by atoms with Crippen LogP contribution in [0.15, 0.2) is 91.0 Å². The fraction of sp³-hybridized carbons (Fsp3) is 0.312. The van der Waals surface area contributed by atoms with Gasteiger partial charge in [-0.3, -0.25) is 14.4 Å². The quantitative estimate of drug-likeness (QED) is 0.117. The SMILES string of the molecule is COc1cc2c(cc1OCc1cc(COc3cc4c(cc3C)C(=O)N3c5ccccc5C[C@H]3C(O)C4)cc(NC(=O)CCCS)c1)CC[C@@H]1Cc3ccccc3N1C2=O. The topological polar surface area (TPSA) is 118 Å². The van der Waals surface area contributed by atoms with Crippen LogP contribution in [0.25, 0.3) is 0 Å². The lowest BCUT2D eigenvalue weighted by Gasteiger charge is -2.26. The second kappa shape index (κ2) is 16.1. The molecule has 59 heavy (non-hydrogen) atoms. The lowest BCUT2D eigenvalue weighted by molar-refractivity contribution is -0.116. The van der Waals surface area contributed by atoms with Gasteiger partial charge in [-0.1, -0.05) is 36.4 Å². The third-order valence-electron chi connectivity index (χ3n) is 12.1. The van der Waals surface area contributed by atoms with Crippen LogP contribution in [-0.2, 0) is 43.7 Å². The molecule has 0 bridgehead atoms. The Morgan fingerprint density at radius 3 is 2.14 bits per heavy atom. The number of aliphatic hydroxyl groups is 1. The predicted octanol–water partition coefficient (Wildman–Crippen LogP) is 7.82. The second-order valence-electron chi connectivity index (χ2n) is 16.0. The van der Waals surface area contributed by atoms with Crippen LogP contribution in [0.4, 0.5) is 17.1 Å². The Balaban J connectivity index is 0.956. The molecule has 10 nitrogen and oxygen atoms in total. The molecule has 0 saturated carbocycles. The predicted molar refractivity (Wildman–Crippen MR) is 231 cm³/mol. The summed E-state index contributed by atoms with van der Waals surface area (Å²) in [5.41, 5.74) is 9.98. The van der Waals surface area contributed by atoms with Gasteiger partial charge < -0.3 is 34.4 Å². The molecule has 0 aromatic heterocycles. The third kappa shape index (κ3) is 7.42. The van der Waals surface area contributed by atoms with E-state index in [0.29, 0.717) is 65.5 Å². The Morgan fingerprint density at radius 2 is 1.41 bits per heavy atom. The van der Waals surface area contributed by atoms with Gasteiger partial charge in [-0.2, -0.15) is 12.6 Å². The van der Waals surface area contributed by atoms with Gasteiger partial charge in [0.25, 0.3) is 11.8 Å². The molecule has 11 heteroatoms. The van der Waals surface area contributed by atoms with E-state index in [2.05, 4.69) is 24.0 Å². The molecule has 2 N–H and O–H groups in total. The molecule has 0 radical (unpaired) electrons. The van der Waals surface area contributed by atoms with Crippen LogP contribution in [-0.4, -0.2) is 53.9 Å². The fourth-order valence-electron chi connectivity index (χ4n) is 9.21. The van der Waals surface area contributed by atoms with Crippen molar-refractivity contribution >= 4 is 47.4 Å². The van der Waals surface area contributed by atoms with E-state index in [0.717, 1.165) is 64.0 Å². The van der Waals surface area contributed by atoms with Crippen molar-refractivity contribution < 1.29 is 33.7 Å².